The average molecular weight is 406 g/mol. The zero-order chi connectivity index (χ0) is 21.1. The molecule has 0 saturated carbocycles. The van der Waals surface area contributed by atoms with Crippen LogP contribution in [0.25, 0.3) is 5.57 Å². The number of hydrogen-bond acceptors (Lipinski definition) is 6. The number of carbonyl (C=O) groups excluding carboxylic acids is 2. The van der Waals surface area contributed by atoms with E-state index in [1.807, 2.05) is 30.3 Å². The van der Waals surface area contributed by atoms with E-state index >= 15 is 0 Å². The molecule has 4 rings (SSSR count). The first-order chi connectivity index (χ1) is 14.6. The number of rotatable bonds is 6. The molecule has 1 aromatic carbocycles. The van der Waals surface area contributed by atoms with Gasteiger partial charge >= 0.3 is 0 Å². The molecule has 0 unspecified atom stereocenters. The number of para-hydroxylation sites is 1. The highest BCUT2D eigenvalue weighted by Gasteiger charge is 2.42. The van der Waals surface area contributed by atoms with Crippen LogP contribution in [0.2, 0.25) is 0 Å². The van der Waals surface area contributed by atoms with E-state index in [9.17, 15) is 9.59 Å². The molecule has 3 heterocycles. The fraction of sp³-hybridized carbons (Fsp3) is 0.348. The summed E-state index contributed by atoms with van der Waals surface area (Å²) < 4.78 is 5.51. The average Bonchev–Trinajstić information content (AvgIpc) is 3.04. The lowest BCUT2D eigenvalue weighted by Gasteiger charge is -2.36. The number of likely N-dealkylation sites (N-methyl/N-ethyl adjacent to an activating group) is 1. The van der Waals surface area contributed by atoms with Crippen molar-refractivity contribution >= 4 is 17.4 Å². The number of ether oxygens (including phenoxy) is 1. The van der Waals surface area contributed by atoms with Crippen LogP contribution in [0.1, 0.15) is 18.1 Å². The summed E-state index contributed by atoms with van der Waals surface area (Å²) in [6, 6.07) is 11.1. The Balaban J connectivity index is 1.74. The molecule has 2 amide bonds. The van der Waals surface area contributed by atoms with E-state index in [4.69, 9.17) is 4.74 Å². The molecule has 2 aliphatic rings. The van der Waals surface area contributed by atoms with E-state index in [-0.39, 0.29) is 18.4 Å². The summed E-state index contributed by atoms with van der Waals surface area (Å²) in [5, 5.41) is 0. The highest BCUT2D eigenvalue weighted by atomic mass is 16.5. The van der Waals surface area contributed by atoms with Gasteiger partial charge in [0.2, 0.25) is 0 Å². The minimum atomic E-state index is -0.290. The van der Waals surface area contributed by atoms with Crippen molar-refractivity contribution in [2.75, 3.05) is 39.8 Å². The quantitative estimate of drug-likeness (QED) is 0.684. The summed E-state index contributed by atoms with van der Waals surface area (Å²) in [7, 11) is 1.58. The zero-order valence-electron chi connectivity index (χ0n) is 17.4. The van der Waals surface area contributed by atoms with Gasteiger partial charge in [-0.2, -0.15) is 0 Å². The van der Waals surface area contributed by atoms with Gasteiger partial charge in [-0.15, -0.1) is 0 Å². The molecule has 1 fully saturated rings. The predicted molar refractivity (Wildman–Crippen MR) is 113 cm³/mol. The third kappa shape index (κ3) is 3.68. The maximum Gasteiger partial charge on any atom is 0.278 e. The van der Waals surface area contributed by atoms with E-state index in [1.165, 1.54) is 4.90 Å². The fourth-order valence-electron chi connectivity index (χ4n) is 4.06. The van der Waals surface area contributed by atoms with Crippen molar-refractivity contribution < 1.29 is 14.3 Å². The maximum atomic E-state index is 13.5. The van der Waals surface area contributed by atoms with Gasteiger partial charge in [0, 0.05) is 44.1 Å². The third-order valence-corrected chi connectivity index (χ3v) is 5.72. The first kappa shape index (κ1) is 20.1. The Morgan fingerprint density at radius 2 is 1.77 bits per heavy atom. The molecule has 2 aromatic rings. The Bertz CT molecular complexity index is 965. The minimum Gasteiger partial charge on any atom is -0.496 e. The Kier molecular flexibility index (Phi) is 5.81. The largest absolute Gasteiger partial charge is 0.496 e. The monoisotopic (exact) mass is 406 g/mol. The number of amides is 2. The highest BCUT2D eigenvalue weighted by Crippen LogP contribution is 2.37. The second kappa shape index (κ2) is 8.67. The van der Waals surface area contributed by atoms with E-state index in [0.29, 0.717) is 35.7 Å². The molecule has 0 bridgehead atoms. The molecular weight excluding hydrogens is 380 g/mol. The third-order valence-electron chi connectivity index (χ3n) is 5.72. The predicted octanol–water partition coefficient (Wildman–Crippen LogP) is 2.01. The van der Waals surface area contributed by atoms with E-state index in [0.717, 1.165) is 25.2 Å². The van der Waals surface area contributed by atoms with Crippen molar-refractivity contribution in [3.8, 4) is 5.75 Å². The van der Waals surface area contributed by atoms with Gasteiger partial charge in [-0.3, -0.25) is 19.5 Å². The summed E-state index contributed by atoms with van der Waals surface area (Å²) >= 11 is 0. The van der Waals surface area contributed by atoms with Crippen LogP contribution in [0.5, 0.6) is 5.75 Å². The lowest BCUT2D eigenvalue weighted by Crippen LogP contribution is -2.47. The summed E-state index contributed by atoms with van der Waals surface area (Å²) in [6.07, 6.45) is 3.36. The molecular formula is C23H26N4O3. The molecule has 1 aromatic heterocycles. The first-order valence-corrected chi connectivity index (χ1v) is 10.2. The number of benzene rings is 1. The second-order valence-corrected chi connectivity index (χ2v) is 7.40. The van der Waals surface area contributed by atoms with Crippen molar-refractivity contribution in [3.05, 3.63) is 65.6 Å². The Hall–Kier alpha value is -3.19. The topological polar surface area (TPSA) is 66.0 Å². The molecule has 30 heavy (non-hydrogen) atoms. The lowest BCUT2D eigenvalue weighted by molar-refractivity contribution is -0.138. The van der Waals surface area contributed by atoms with Crippen molar-refractivity contribution in [2.24, 2.45) is 0 Å². The molecule has 7 nitrogen and oxygen atoms in total. The molecule has 1 saturated heterocycles. The van der Waals surface area contributed by atoms with E-state index in [2.05, 4.69) is 21.7 Å². The first-order valence-electron chi connectivity index (χ1n) is 10.2. The number of imide groups is 1. The summed E-state index contributed by atoms with van der Waals surface area (Å²) in [6.45, 7) is 6.46. The minimum absolute atomic E-state index is 0.197. The van der Waals surface area contributed by atoms with Crippen LogP contribution in [-0.4, -0.2) is 71.3 Å². The zero-order valence-corrected chi connectivity index (χ0v) is 17.4. The second-order valence-electron chi connectivity index (χ2n) is 7.40. The van der Waals surface area contributed by atoms with Gasteiger partial charge in [0.1, 0.15) is 11.4 Å². The molecule has 0 aliphatic carbocycles. The van der Waals surface area contributed by atoms with Gasteiger partial charge in [-0.05, 0) is 24.2 Å². The lowest BCUT2D eigenvalue weighted by atomic mass is 10.0. The number of piperazine rings is 1. The smallest absolute Gasteiger partial charge is 0.278 e. The molecule has 156 valence electrons. The highest BCUT2D eigenvalue weighted by molar-refractivity contribution is 6.35. The van der Waals surface area contributed by atoms with E-state index in [1.54, 1.807) is 25.6 Å². The Labute approximate surface area is 176 Å². The van der Waals surface area contributed by atoms with Crippen LogP contribution < -0.4 is 4.74 Å². The van der Waals surface area contributed by atoms with Crippen molar-refractivity contribution in [1.82, 2.24) is 19.7 Å². The number of nitrogens with zero attached hydrogens (tertiary/aromatic N) is 4. The van der Waals surface area contributed by atoms with Crippen molar-refractivity contribution in [1.29, 1.82) is 0 Å². The molecule has 0 atom stereocenters. The van der Waals surface area contributed by atoms with Gasteiger partial charge in [-0.25, -0.2) is 0 Å². The van der Waals surface area contributed by atoms with Gasteiger partial charge in [-0.1, -0.05) is 31.2 Å². The maximum absolute atomic E-state index is 13.5. The van der Waals surface area contributed by atoms with Gasteiger partial charge in [0.05, 0.1) is 19.2 Å². The molecule has 7 heteroatoms. The summed E-state index contributed by atoms with van der Waals surface area (Å²) in [5.74, 6) is 0.0394. The van der Waals surface area contributed by atoms with Crippen molar-refractivity contribution in [3.63, 3.8) is 0 Å². The standard InChI is InChI=1S/C23H26N4O3/c1-3-25-11-13-26(14-12-25)21-20(18-8-4-5-9-19(18)30-2)22(28)27(23(21)29)16-17-7-6-10-24-15-17/h4-10,15H,3,11-14,16H2,1-2H3. The van der Waals surface area contributed by atoms with Crippen LogP contribution in [0.3, 0.4) is 0 Å². The molecule has 0 spiro atoms. The fourth-order valence-corrected chi connectivity index (χ4v) is 4.06. The SMILES string of the molecule is CCN1CCN(C2=C(c3ccccc3OC)C(=O)N(Cc3cccnc3)C2=O)CC1. The van der Waals surface area contributed by atoms with Crippen LogP contribution >= 0.6 is 0 Å². The summed E-state index contributed by atoms with van der Waals surface area (Å²) in [5.41, 5.74) is 2.37. The van der Waals surface area contributed by atoms with Crippen molar-refractivity contribution in [2.45, 2.75) is 13.5 Å². The Morgan fingerprint density at radius 1 is 1.00 bits per heavy atom. The number of hydrogen-bond donors (Lipinski definition) is 0. The van der Waals surface area contributed by atoms with Gasteiger partial charge in [0.15, 0.2) is 0 Å². The molecule has 2 aliphatic heterocycles. The molecule has 0 N–H and O–H groups in total. The van der Waals surface area contributed by atoms with Crippen LogP contribution in [0, 0.1) is 0 Å². The number of carbonyl (C=O) groups is 2. The van der Waals surface area contributed by atoms with Gasteiger partial charge < -0.3 is 14.5 Å². The number of aromatic nitrogens is 1. The number of methoxy groups -OCH3 is 1. The normalized spacial score (nSPS) is 17.8. The Morgan fingerprint density at radius 3 is 2.43 bits per heavy atom. The van der Waals surface area contributed by atoms with Gasteiger partial charge in [0.25, 0.3) is 11.8 Å². The van der Waals surface area contributed by atoms with Crippen LogP contribution in [0.15, 0.2) is 54.5 Å². The van der Waals surface area contributed by atoms with Crippen LogP contribution in [0.4, 0.5) is 0 Å². The van der Waals surface area contributed by atoms with E-state index < -0.39 is 0 Å². The molecule has 0 radical (unpaired) electrons. The number of pyridine rings is 1. The summed E-state index contributed by atoms with van der Waals surface area (Å²) in [4.78, 5) is 36.8. The van der Waals surface area contributed by atoms with Crippen LogP contribution in [-0.2, 0) is 16.1 Å².